The molecule has 244 valence electrons. The van der Waals surface area contributed by atoms with Gasteiger partial charge in [-0.1, -0.05) is 95.9 Å². The molecule has 7 aromatic carbocycles. The number of aromatic nitrogens is 4. The van der Waals surface area contributed by atoms with Crippen molar-refractivity contribution in [3.8, 4) is 39.9 Å². The first-order valence-corrected chi connectivity index (χ1v) is 18.2. The average molecular weight is 673 g/mol. The van der Waals surface area contributed by atoms with Gasteiger partial charge in [0.1, 0.15) is 39.2 Å². The van der Waals surface area contributed by atoms with Gasteiger partial charge >= 0.3 is 0 Å². The molecule has 0 amide bonds. The van der Waals surface area contributed by atoms with Gasteiger partial charge in [-0.25, -0.2) is 4.98 Å². The van der Waals surface area contributed by atoms with Gasteiger partial charge < -0.3 is 4.90 Å². The first-order chi connectivity index (χ1) is 25.9. The number of nitrogens with zero attached hydrogens (tertiary/aromatic N) is 5. The van der Waals surface area contributed by atoms with Crippen LogP contribution in [0.5, 0.6) is 0 Å². The van der Waals surface area contributed by atoms with E-state index in [0.717, 1.165) is 27.8 Å². The van der Waals surface area contributed by atoms with E-state index in [9.17, 15) is 0 Å². The van der Waals surface area contributed by atoms with E-state index >= 15 is 0 Å². The molecule has 0 saturated carbocycles. The number of fused-ring (bicyclic) bond motifs is 5. The maximum Gasteiger partial charge on any atom is 0.238 e. The van der Waals surface area contributed by atoms with Crippen LogP contribution >= 0.6 is 0 Å². The number of rotatable bonds is 4. The van der Waals surface area contributed by atoms with Crippen LogP contribution in [0.1, 0.15) is 0 Å². The first-order valence-electron chi connectivity index (χ1n) is 18.2. The van der Waals surface area contributed by atoms with Gasteiger partial charge in [0.2, 0.25) is 5.95 Å². The topological polar surface area (TPSA) is 46.8 Å². The van der Waals surface area contributed by atoms with Gasteiger partial charge in [0, 0.05) is 38.5 Å². The molecule has 0 aliphatic carbocycles. The molecule has 2 aromatic heterocycles. The summed E-state index contributed by atoms with van der Waals surface area (Å²) >= 11 is 0. The van der Waals surface area contributed by atoms with Gasteiger partial charge in [0.15, 0.2) is 11.6 Å². The van der Waals surface area contributed by atoms with Crippen molar-refractivity contribution < 1.29 is 0 Å². The molecule has 0 saturated heterocycles. The normalized spacial score (nSPS) is 12.1. The smallest absolute Gasteiger partial charge is 0.238 e. The molecule has 1 aliphatic rings. The molecule has 0 N–H and O–H groups in total. The Morgan fingerprint density at radius 2 is 0.981 bits per heavy atom. The fraction of sp³-hybridized carbons (Fsp3) is 0. The van der Waals surface area contributed by atoms with Gasteiger partial charge in [0.25, 0.3) is 0 Å². The average Bonchev–Trinajstić information content (AvgIpc) is 3.54. The summed E-state index contributed by atoms with van der Waals surface area (Å²) in [6, 6.07) is 47.5. The Kier molecular flexibility index (Phi) is 7.06. The van der Waals surface area contributed by atoms with Crippen LogP contribution in [-0.4, -0.2) is 58.8 Å². The van der Waals surface area contributed by atoms with E-state index in [1.807, 2.05) is 0 Å². The van der Waals surface area contributed by atoms with Crippen molar-refractivity contribution in [1.82, 2.24) is 19.5 Å². The predicted molar refractivity (Wildman–Crippen MR) is 237 cm³/mol. The minimum Gasteiger partial charge on any atom is -0.309 e. The van der Waals surface area contributed by atoms with Gasteiger partial charge in [0.05, 0.1) is 22.4 Å². The molecule has 10 heteroatoms. The predicted octanol–water partition coefficient (Wildman–Crippen LogP) is 2.20. The fourth-order valence-corrected chi connectivity index (χ4v) is 8.47. The molecule has 0 spiro atoms. The molecule has 0 bridgehead atoms. The summed E-state index contributed by atoms with van der Waals surface area (Å²) in [6.45, 7) is 0. The van der Waals surface area contributed by atoms with Crippen LogP contribution < -0.4 is 32.2 Å². The Morgan fingerprint density at radius 1 is 0.434 bits per heavy atom. The molecule has 5 nitrogen and oxygen atoms in total. The molecule has 53 heavy (non-hydrogen) atoms. The van der Waals surface area contributed by atoms with Gasteiger partial charge in [-0.3, -0.25) is 4.57 Å². The van der Waals surface area contributed by atoms with Gasteiger partial charge in [-0.05, 0) is 59.5 Å². The zero-order valence-corrected chi connectivity index (χ0v) is 30.4. The van der Waals surface area contributed by atoms with E-state index in [-0.39, 0.29) is 0 Å². The van der Waals surface area contributed by atoms with Crippen LogP contribution in [0.25, 0.3) is 72.4 Å². The third kappa shape index (κ3) is 4.68. The van der Waals surface area contributed by atoms with Crippen molar-refractivity contribution in [2.75, 3.05) is 4.90 Å². The third-order valence-corrected chi connectivity index (χ3v) is 11.6. The lowest BCUT2D eigenvalue weighted by molar-refractivity contribution is 0.955. The van der Waals surface area contributed by atoms with E-state index < -0.39 is 0 Å². The second kappa shape index (κ2) is 11.9. The molecule has 1 aliphatic heterocycles. The van der Waals surface area contributed by atoms with Crippen LogP contribution in [0, 0.1) is 0 Å². The van der Waals surface area contributed by atoms with E-state index in [1.54, 1.807) is 0 Å². The van der Waals surface area contributed by atoms with Crippen molar-refractivity contribution in [1.29, 1.82) is 0 Å². The number of para-hydroxylation sites is 3. The number of benzene rings is 7. The second-order valence-corrected chi connectivity index (χ2v) is 14.2. The lowest BCUT2D eigenvalue weighted by atomic mass is 9.60. The molecular formula is C43H32B5N5. The monoisotopic (exact) mass is 673 g/mol. The Morgan fingerprint density at radius 3 is 1.68 bits per heavy atom. The summed E-state index contributed by atoms with van der Waals surface area (Å²) in [6.07, 6.45) is 0. The van der Waals surface area contributed by atoms with E-state index in [1.165, 1.54) is 71.4 Å². The number of hydrogen-bond acceptors (Lipinski definition) is 4. The Hall–Kier alpha value is -6.27. The lowest BCUT2D eigenvalue weighted by Crippen LogP contribution is -2.55. The van der Waals surface area contributed by atoms with Crippen molar-refractivity contribution in [3.63, 3.8) is 0 Å². The van der Waals surface area contributed by atoms with Crippen LogP contribution in [0.3, 0.4) is 0 Å². The van der Waals surface area contributed by atoms with E-state index in [4.69, 9.17) is 15.0 Å². The van der Waals surface area contributed by atoms with E-state index in [2.05, 4.69) is 182 Å². The zero-order chi connectivity index (χ0) is 36.0. The van der Waals surface area contributed by atoms with Crippen molar-refractivity contribution >= 4 is 116 Å². The highest BCUT2D eigenvalue weighted by Gasteiger charge is 2.26. The minimum atomic E-state index is 0.606. The summed E-state index contributed by atoms with van der Waals surface area (Å²) in [5.41, 5.74) is 16.3. The van der Waals surface area contributed by atoms with E-state index in [0.29, 0.717) is 17.6 Å². The summed E-state index contributed by atoms with van der Waals surface area (Å²) < 4.78 is 2.19. The molecule has 0 unspecified atom stereocenters. The molecule has 0 atom stereocenters. The SMILES string of the molecule is Bc1c(B)c(B)c(-c2nc(-c3ccc(N4c5ccccc5-c5cccc6cccc4c56)cc3)nc(-n3c4ccccc4c4ccccc43)n2)c(B)c1B. The van der Waals surface area contributed by atoms with Gasteiger partial charge in [-0.2, -0.15) is 9.97 Å². The Balaban J connectivity index is 1.19. The Labute approximate surface area is 312 Å². The lowest BCUT2D eigenvalue weighted by Gasteiger charge is -2.33. The quantitative estimate of drug-likeness (QED) is 0.269. The zero-order valence-electron chi connectivity index (χ0n) is 30.4. The largest absolute Gasteiger partial charge is 0.309 e. The summed E-state index contributed by atoms with van der Waals surface area (Å²) in [5.74, 6) is 1.93. The first kappa shape index (κ1) is 31.5. The third-order valence-electron chi connectivity index (χ3n) is 11.6. The maximum absolute atomic E-state index is 5.30. The highest BCUT2D eigenvalue weighted by Crippen LogP contribution is 2.50. The molecule has 0 radical (unpaired) electrons. The fourth-order valence-electron chi connectivity index (χ4n) is 8.47. The molecule has 10 rings (SSSR count). The molecule has 0 fully saturated rings. The summed E-state index contributed by atoms with van der Waals surface area (Å²) in [7, 11) is 11.0. The van der Waals surface area contributed by atoms with Crippen LogP contribution in [0.4, 0.5) is 17.1 Å². The summed E-state index contributed by atoms with van der Waals surface area (Å²) in [5, 5.41) is 4.84. The number of hydrogen-bond donors (Lipinski definition) is 0. The van der Waals surface area contributed by atoms with Gasteiger partial charge in [-0.15, -0.1) is 16.4 Å². The maximum atomic E-state index is 5.30. The van der Waals surface area contributed by atoms with Crippen LogP contribution in [-0.2, 0) is 0 Å². The van der Waals surface area contributed by atoms with Crippen LogP contribution in [0.15, 0.2) is 133 Å². The second-order valence-electron chi connectivity index (χ2n) is 14.2. The standard InChI is InChI=1S/C43H32B5N5/c44-36-35(37(45)39(47)40(48)38(36)46)42-49-41(50-43(51-42)53-31-16-5-1-11-26(31)27-12-2-6-17-32(27)53)24-19-21-25(22-20-24)52-30-15-4-3-13-28(30)29-14-7-9-23-10-8-18-33(52)34(23)29/h1-22H,44-48H2. The van der Waals surface area contributed by atoms with Crippen molar-refractivity contribution in [3.05, 3.63) is 133 Å². The molecule has 9 aromatic rings. The Bertz CT molecular complexity index is 2890. The molecule has 3 heterocycles. The minimum absolute atomic E-state index is 0.606. The van der Waals surface area contributed by atoms with Crippen molar-refractivity contribution in [2.45, 2.75) is 0 Å². The van der Waals surface area contributed by atoms with Crippen molar-refractivity contribution in [2.24, 2.45) is 0 Å². The highest BCUT2D eigenvalue weighted by molar-refractivity contribution is 6.68. The highest BCUT2D eigenvalue weighted by atomic mass is 15.2. The van der Waals surface area contributed by atoms with Crippen LogP contribution in [0.2, 0.25) is 0 Å². The molecular weight excluding hydrogens is 641 g/mol. The summed E-state index contributed by atoms with van der Waals surface area (Å²) in [4.78, 5) is 18.2. The number of anilines is 3.